The number of nitrogens with one attached hydrogen (secondary N) is 1. The molecule has 0 aliphatic heterocycles. The smallest absolute Gasteiger partial charge is 0.293 e. The van der Waals surface area contributed by atoms with Crippen molar-refractivity contribution in [3.05, 3.63) is 67.9 Å². The molecule has 0 heterocycles. The van der Waals surface area contributed by atoms with Gasteiger partial charge in [-0.25, -0.2) is 4.39 Å². The predicted octanol–water partition coefficient (Wildman–Crippen LogP) is 4.06. The van der Waals surface area contributed by atoms with Crippen LogP contribution in [0.3, 0.4) is 0 Å². The number of aryl methyl sites for hydroxylation is 1. The Kier molecular flexibility index (Phi) is 4.32. The van der Waals surface area contributed by atoms with E-state index >= 15 is 0 Å². The van der Waals surface area contributed by atoms with Crippen LogP contribution in [-0.2, 0) is 0 Å². The van der Waals surface area contributed by atoms with E-state index in [1.807, 2.05) is 0 Å². The predicted molar refractivity (Wildman–Crippen MR) is 79.9 cm³/mol. The van der Waals surface area contributed by atoms with E-state index in [1.54, 1.807) is 19.1 Å². The van der Waals surface area contributed by atoms with Crippen molar-refractivity contribution < 1.29 is 14.1 Å². The lowest BCUT2D eigenvalue weighted by Crippen LogP contribution is -2.14. The summed E-state index contributed by atoms with van der Waals surface area (Å²) < 4.78 is 14.2. The summed E-state index contributed by atoms with van der Waals surface area (Å²) in [6.45, 7) is 1.70. The normalized spacial score (nSPS) is 10.2. The molecule has 0 aliphatic rings. The Labute approximate surface area is 128 Å². The second kappa shape index (κ2) is 6.01. The van der Waals surface area contributed by atoms with Gasteiger partial charge in [0.05, 0.1) is 10.5 Å². The molecular formula is C14H10BrFN2O3. The Balaban J connectivity index is 2.34. The van der Waals surface area contributed by atoms with Gasteiger partial charge in [0.1, 0.15) is 11.5 Å². The molecule has 0 aromatic heterocycles. The topological polar surface area (TPSA) is 72.2 Å². The van der Waals surface area contributed by atoms with Crippen LogP contribution in [0, 0.1) is 22.9 Å². The highest BCUT2D eigenvalue weighted by Crippen LogP contribution is 2.28. The van der Waals surface area contributed by atoms with Crippen molar-refractivity contribution in [2.45, 2.75) is 6.92 Å². The van der Waals surface area contributed by atoms with Gasteiger partial charge in [-0.05, 0) is 36.8 Å². The maximum atomic E-state index is 13.7. The molecule has 1 N–H and O–H groups in total. The molecule has 0 atom stereocenters. The average molecular weight is 353 g/mol. The molecule has 2 aromatic carbocycles. The summed E-state index contributed by atoms with van der Waals surface area (Å²) >= 11 is 3.12. The third kappa shape index (κ3) is 3.43. The highest BCUT2D eigenvalue weighted by atomic mass is 79.9. The van der Waals surface area contributed by atoms with Gasteiger partial charge in [-0.1, -0.05) is 22.0 Å². The number of nitro groups is 1. The first-order chi connectivity index (χ1) is 9.88. The molecule has 1 amide bonds. The minimum Gasteiger partial charge on any atom is -0.316 e. The number of hydrogen-bond acceptors (Lipinski definition) is 3. The standard InChI is InChI=1S/C14H10BrFN2O3/c1-8-2-4-10(11(16)6-8)14(19)17-12-5-3-9(15)7-13(12)18(20)21/h2-7H,1H3,(H,17,19). The fourth-order valence-corrected chi connectivity index (χ4v) is 2.10. The van der Waals surface area contributed by atoms with E-state index in [-0.39, 0.29) is 16.9 Å². The fraction of sp³-hybridized carbons (Fsp3) is 0.0714. The monoisotopic (exact) mass is 352 g/mol. The Morgan fingerprint density at radius 3 is 2.62 bits per heavy atom. The maximum absolute atomic E-state index is 13.7. The van der Waals surface area contributed by atoms with Crippen molar-refractivity contribution >= 4 is 33.2 Å². The van der Waals surface area contributed by atoms with Gasteiger partial charge >= 0.3 is 0 Å². The summed E-state index contributed by atoms with van der Waals surface area (Å²) in [6.07, 6.45) is 0. The summed E-state index contributed by atoms with van der Waals surface area (Å²) in [7, 11) is 0. The molecule has 0 unspecified atom stereocenters. The first-order valence-corrected chi connectivity index (χ1v) is 6.69. The van der Waals surface area contributed by atoms with Gasteiger partial charge < -0.3 is 5.32 Å². The number of hydrogen-bond donors (Lipinski definition) is 1. The van der Waals surface area contributed by atoms with Crippen LogP contribution in [0.15, 0.2) is 40.9 Å². The summed E-state index contributed by atoms with van der Waals surface area (Å²) in [5.41, 5.74) is 0.245. The zero-order valence-corrected chi connectivity index (χ0v) is 12.5. The molecule has 0 spiro atoms. The number of nitro benzene ring substituents is 1. The van der Waals surface area contributed by atoms with E-state index in [1.165, 1.54) is 24.3 Å². The zero-order valence-electron chi connectivity index (χ0n) is 10.9. The molecule has 7 heteroatoms. The molecular weight excluding hydrogens is 343 g/mol. The number of benzene rings is 2. The number of anilines is 1. The largest absolute Gasteiger partial charge is 0.316 e. The number of rotatable bonds is 3. The molecule has 0 radical (unpaired) electrons. The fourth-order valence-electron chi connectivity index (χ4n) is 1.76. The van der Waals surface area contributed by atoms with Gasteiger partial charge in [-0.2, -0.15) is 0 Å². The highest BCUT2D eigenvalue weighted by molar-refractivity contribution is 9.10. The second-order valence-electron chi connectivity index (χ2n) is 4.36. The van der Waals surface area contributed by atoms with Gasteiger partial charge in [0.25, 0.3) is 11.6 Å². The lowest BCUT2D eigenvalue weighted by molar-refractivity contribution is -0.384. The van der Waals surface area contributed by atoms with Crippen LogP contribution in [0.1, 0.15) is 15.9 Å². The van der Waals surface area contributed by atoms with Crippen molar-refractivity contribution in [3.63, 3.8) is 0 Å². The van der Waals surface area contributed by atoms with Crippen LogP contribution in [0.2, 0.25) is 0 Å². The first kappa shape index (κ1) is 15.1. The average Bonchev–Trinajstić information content (AvgIpc) is 2.40. The Morgan fingerprint density at radius 2 is 2.00 bits per heavy atom. The molecule has 21 heavy (non-hydrogen) atoms. The van der Waals surface area contributed by atoms with Crippen LogP contribution in [0.4, 0.5) is 15.8 Å². The molecule has 0 saturated heterocycles. The summed E-state index contributed by atoms with van der Waals surface area (Å²) in [6, 6.07) is 8.35. The van der Waals surface area contributed by atoms with Gasteiger partial charge in [0, 0.05) is 10.5 Å². The number of amides is 1. The van der Waals surface area contributed by atoms with Crippen molar-refractivity contribution in [1.82, 2.24) is 0 Å². The lowest BCUT2D eigenvalue weighted by Gasteiger charge is -2.07. The Bertz CT molecular complexity index is 734. The van der Waals surface area contributed by atoms with Gasteiger partial charge in [-0.3, -0.25) is 14.9 Å². The van der Waals surface area contributed by atoms with E-state index < -0.39 is 16.6 Å². The third-order valence-electron chi connectivity index (χ3n) is 2.77. The van der Waals surface area contributed by atoms with E-state index in [4.69, 9.17) is 0 Å². The minimum absolute atomic E-state index is 0.00757. The number of halogens is 2. The van der Waals surface area contributed by atoms with Crippen LogP contribution >= 0.6 is 15.9 Å². The number of carbonyl (C=O) groups is 1. The quantitative estimate of drug-likeness (QED) is 0.668. The maximum Gasteiger partial charge on any atom is 0.293 e. The van der Waals surface area contributed by atoms with E-state index in [2.05, 4.69) is 21.2 Å². The van der Waals surface area contributed by atoms with E-state index in [9.17, 15) is 19.3 Å². The number of nitrogens with zero attached hydrogens (tertiary/aromatic N) is 1. The lowest BCUT2D eigenvalue weighted by atomic mass is 10.1. The molecule has 0 bridgehead atoms. The highest BCUT2D eigenvalue weighted by Gasteiger charge is 2.18. The van der Waals surface area contributed by atoms with Crippen molar-refractivity contribution in [3.8, 4) is 0 Å². The molecule has 108 valence electrons. The second-order valence-corrected chi connectivity index (χ2v) is 5.27. The van der Waals surface area contributed by atoms with Gasteiger partial charge in [-0.15, -0.1) is 0 Å². The first-order valence-electron chi connectivity index (χ1n) is 5.90. The minimum atomic E-state index is -0.738. The SMILES string of the molecule is Cc1ccc(C(=O)Nc2ccc(Br)cc2[N+](=O)[O-])c(F)c1. The Hall–Kier alpha value is -2.28. The molecule has 0 saturated carbocycles. The molecule has 2 aromatic rings. The number of carbonyl (C=O) groups excluding carboxylic acids is 1. The summed E-state index contributed by atoms with van der Waals surface area (Å²) in [4.78, 5) is 22.4. The van der Waals surface area contributed by atoms with Crippen molar-refractivity contribution in [2.24, 2.45) is 0 Å². The van der Waals surface area contributed by atoms with Crippen LogP contribution in [0.25, 0.3) is 0 Å². The van der Waals surface area contributed by atoms with Crippen LogP contribution in [-0.4, -0.2) is 10.8 Å². The molecule has 0 fully saturated rings. The third-order valence-corrected chi connectivity index (χ3v) is 3.27. The van der Waals surface area contributed by atoms with Crippen molar-refractivity contribution in [2.75, 3.05) is 5.32 Å². The zero-order chi connectivity index (χ0) is 15.6. The Morgan fingerprint density at radius 1 is 1.29 bits per heavy atom. The molecule has 0 aliphatic carbocycles. The van der Waals surface area contributed by atoms with Crippen molar-refractivity contribution in [1.29, 1.82) is 0 Å². The van der Waals surface area contributed by atoms with E-state index in [0.29, 0.717) is 10.0 Å². The van der Waals surface area contributed by atoms with Crippen LogP contribution < -0.4 is 5.32 Å². The van der Waals surface area contributed by atoms with Gasteiger partial charge in [0.2, 0.25) is 0 Å². The summed E-state index contributed by atoms with van der Waals surface area (Å²) in [5, 5.41) is 13.3. The molecule has 2 rings (SSSR count). The van der Waals surface area contributed by atoms with Gasteiger partial charge in [0.15, 0.2) is 0 Å². The van der Waals surface area contributed by atoms with E-state index in [0.717, 1.165) is 0 Å². The summed E-state index contributed by atoms with van der Waals surface area (Å²) in [5.74, 6) is -1.41. The molecule has 5 nitrogen and oxygen atoms in total. The van der Waals surface area contributed by atoms with Crippen LogP contribution in [0.5, 0.6) is 0 Å².